The second-order valence-electron chi connectivity index (χ2n) is 7.61. The maximum Gasteiger partial charge on any atom is 0.253 e. The molecule has 5 nitrogen and oxygen atoms in total. The molecule has 0 radical (unpaired) electrons. The third kappa shape index (κ3) is 5.02. The Hall–Kier alpha value is -1.59. The van der Waals surface area contributed by atoms with E-state index >= 15 is 0 Å². The van der Waals surface area contributed by atoms with Gasteiger partial charge in [-0.15, -0.1) is 0 Å². The average Bonchev–Trinajstić information content (AvgIpc) is 2.72. The van der Waals surface area contributed by atoms with Gasteiger partial charge in [0.05, 0.1) is 5.92 Å². The van der Waals surface area contributed by atoms with Gasteiger partial charge in [0, 0.05) is 36.3 Å². The summed E-state index contributed by atoms with van der Waals surface area (Å²) in [7, 11) is 0. The molecule has 2 saturated heterocycles. The number of halogens is 1. The first-order valence-corrected chi connectivity index (χ1v) is 10.5. The predicted molar refractivity (Wildman–Crippen MR) is 108 cm³/mol. The van der Waals surface area contributed by atoms with Crippen molar-refractivity contribution in [2.75, 3.05) is 32.7 Å². The van der Waals surface area contributed by atoms with E-state index in [1.165, 1.54) is 0 Å². The number of likely N-dealkylation sites (tertiary alicyclic amines) is 1. The van der Waals surface area contributed by atoms with E-state index in [-0.39, 0.29) is 17.7 Å². The van der Waals surface area contributed by atoms with Gasteiger partial charge in [0.15, 0.2) is 0 Å². The minimum absolute atomic E-state index is 0.00641. The summed E-state index contributed by atoms with van der Waals surface area (Å²) in [6.45, 7) is 6.12. The number of hydrogen-bond acceptors (Lipinski definition) is 3. The maximum absolute atomic E-state index is 13.3. The first-order chi connectivity index (χ1) is 13.1. The van der Waals surface area contributed by atoms with Crippen LogP contribution < -0.4 is 5.32 Å². The third-order valence-corrected chi connectivity index (χ3v) is 5.90. The summed E-state index contributed by atoms with van der Waals surface area (Å²) in [6.07, 6.45) is 4.75. The van der Waals surface area contributed by atoms with Crippen LogP contribution in [0.3, 0.4) is 0 Å². The molecule has 2 amide bonds. The molecule has 0 saturated carbocycles. The van der Waals surface area contributed by atoms with E-state index in [1.54, 1.807) is 24.3 Å². The Morgan fingerprint density at radius 2 is 1.89 bits per heavy atom. The second kappa shape index (κ2) is 9.56. The molecule has 2 heterocycles. The molecule has 2 aliphatic heterocycles. The van der Waals surface area contributed by atoms with Crippen molar-refractivity contribution in [3.8, 4) is 0 Å². The van der Waals surface area contributed by atoms with Crippen LogP contribution >= 0.6 is 11.6 Å². The maximum atomic E-state index is 13.3. The van der Waals surface area contributed by atoms with Crippen molar-refractivity contribution in [2.24, 2.45) is 5.92 Å². The lowest BCUT2D eigenvalue weighted by Gasteiger charge is -2.39. The van der Waals surface area contributed by atoms with E-state index in [4.69, 9.17) is 11.6 Å². The molecule has 3 rings (SSSR count). The molecule has 2 aliphatic rings. The summed E-state index contributed by atoms with van der Waals surface area (Å²) in [6, 6.07) is 7.33. The van der Waals surface area contributed by atoms with E-state index in [1.807, 2.05) is 4.90 Å². The monoisotopic (exact) mass is 391 g/mol. The number of carbonyl (C=O) groups is 2. The van der Waals surface area contributed by atoms with Crippen molar-refractivity contribution in [3.05, 3.63) is 34.9 Å². The fourth-order valence-corrected chi connectivity index (χ4v) is 4.33. The molecular weight excluding hydrogens is 362 g/mol. The van der Waals surface area contributed by atoms with Crippen LogP contribution in [0, 0.1) is 5.92 Å². The summed E-state index contributed by atoms with van der Waals surface area (Å²) in [5, 5.41) is 3.99. The molecule has 0 bridgehead atoms. The smallest absolute Gasteiger partial charge is 0.253 e. The van der Waals surface area contributed by atoms with Crippen molar-refractivity contribution in [3.63, 3.8) is 0 Å². The number of nitrogens with one attached hydrogen (secondary N) is 1. The Balaban J connectivity index is 1.67. The van der Waals surface area contributed by atoms with Crippen molar-refractivity contribution in [2.45, 2.75) is 45.1 Å². The number of nitrogens with zero attached hydrogens (tertiary/aromatic N) is 2. The van der Waals surface area contributed by atoms with Crippen LogP contribution in [0.25, 0.3) is 0 Å². The summed E-state index contributed by atoms with van der Waals surface area (Å²) >= 11 is 5.93. The molecule has 0 spiro atoms. The number of benzene rings is 1. The zero-order chi connectivity index (χ0) is 19.2. The van der Waals surface area contributed by atoms with Crippen molar-refractivity contribution < 1.29 is 9.59 Å². The molecule has 1 N–H and O–H groups in total. The molecule has 1 unspecified atom stereocenters. The zero-order valence-corrected chi connectivity index (χ0v) is 16.9. The molecule has 148 valence electrons. The third-order valence-electron chi connectivity index (χ3n) is 5.65. The fourth-order valence-electron chi connectivity index (χ4n) is 4.20. The van der Waals surface area contributed by atoms with Crippen LogP contribution in [0.2, 0.25) is 5.02 Å². The summed E-state index contributed by atoms with van der Waals surface area (Å²) in [5.41, 5.74) is 0.635. The van der Waals surface area contributed by atoms with Crippen molar-refractivity contribution in [1.82, 2.24) is 15.1 Å². The number of rotatable bonds is 5. The Bertz CT molecular complexity index is 643. The Morgan fingerprint density at radius 1 is 1.19 bits per heavy atom. The van der Waals surface area contributed by atoms with E-state index in [0.29, 0.717) is 29.7 Å². The van der Waals surface area contributed by atoms with Gasteiger partial charge in [0.1, 0.15) is 0 Å². The van der Waals surface area contributed by atoms with Gasteiger partial charge < -0.3 is 15.1 Å². The van der Waals surface area contributed by atoms with E-state index < -0.39 is 0 Å². The van der Waals surface area contributed by atoms with Gasteiger partial charge in [0.2, 0.25) is 5.91 Å². The Labute approximate surface area is 167 Å². The lowest BCUT2D eigenvalue weighted by molar-refractivity contribution is -0.140. The number of amides is 2. The van der Waals surface area contributed by atoms with E-state index in [9.17, 15) is 9.59 Å². The molecule has 1 aromatic carbocycles. The van der Waals surface area contributed by atoms with Crippen LogP contribution in [-0.4, -0.2) is 60.4 Å². The highest BCUT2D eigenvalue weighted by Gasteiger charge is 2.34. The summed E-state index contributed by atoms with van der Waals surface area (Å²) < 4.78 is 0. The lowest BCUT2D eigenvalue weighted by Crippen LogP contribution is -2.52. The SMILES string of the molecule is CCCN(C(=O)C1CCCN(C(=O)c2ccc(Cl)cc2)C1)C1CCNCC1. The fraction of sp³-hybridized carbons (Fsp3) is 0.619. The van der Waals surface area contributed by atoms with Crippen LogP contribution in [-0.2, 0) is 4.79 Å². The highest BCUT2D eigenvalue weighted by atomic mass is 35.5. The molecule has 27 heavy (non-hydrogen) atoms. The van der Waals surface area contributed by atoms with Gasteiger partial charge in [-0.3, -0.25) is 9.59 Å². The molecule has 0 aliphatic carbocycles. The van der Waals surface area contributed by atoms with Gasteiger partial charge in [-0.05, 0) is 69.5 Å². The van der Waals surface area contributed by atoms with Gasteiger partial charge in [-0.1, -0.05) is 18.5 Å². The standard InChI is InChI=1S/C21H30ClN3O2/c1-2-13-25(19-9-11-23-12-10-19)21(27)17-4-3-14-24(15-17)20(26)16-5-7-18(22)8-6-16/h5-8,17,19,23H,2-4,9-15H2,1H3. The molecule has 1 atom stereocenters. The highest BCUT2D eigenvalue weighted by Crippen LogP contribution is 2.24. The predicted octanol–water partition coefficient (Wildman–Crippen LogP) is 3.18. The van der Waals surface area contributed by atoms with Crippen LogP contribution in [0.4, 0.5) is 0 Å². The van der Waals surface area contributed by atoms with Crippen LogP contribution in [0.5, 0.6) is 0 Å². The minimum atomic E-state index is -0.0866. The molecule has 2 fully saturated rings. The number of hydrogen-bond donors (Lipinski definition) is 1. The molecule has 6 heteroatoms. The van der Waals surface area contributed by atoms with Gasteiger partial charge >= 0.3 is 0 Å². The van der Waals surface area contributed by atoms with Gasteiger partial charge in [-0.25, -0.2) is 0 Å². The topological polar surface area (TPSA) is 52.7 Å². The second-order valence-corrected chi connectivity index (χ2v) is 8.05. The molecular formula is C21H30ClN3O2. The highest BCUT2D eigenvalue weighted by molar-refractivity contribution is 6.30. The number of carbonyl (C=O) groups excluding carboxylic acids is 2. The lowest BCUT2D eigenvalue weighted by atomic mass is 9.94. The summed E-state index contributed by atoms with van der Waals surface area (Å²) in [5.74, 6) is 0.141. The van der Waals surface area contributed by atoms with E-state index in [0.717, 1.165) is 51.7 Å². The first kappa shape index (κ1) is 20.2. The first-order valence-electron chi connectivity index (χ1n) is 10.2. The molecule has 1 aromatic rings. The largest absolute Gasteiger partial charge is 0.339 e. The van der Waals surface area contributed by atoms with Crippen LogP contribution in [0.1, 0.15) is 49.4 Å². The van der Waals surface area contributed by atoms with Gasteiger partial charge in [0.25, 0.3) is 5.91 Å². The van der Waals surface area contributed by atoms with Crippen LogP contribution in [0.15, 0.2) is 24.3 Å². The van der Waals surface area contributed by atoms with Gasteiger partial charge in [-0.2, -0.15) is 0 Å². The zero-order valence-electron chi connectivity index (χ0n) is 16.1. The van der Waals surface area contributed by atoms with Crippen molar-refractivity contribution in [1.29, 1.82) is 0 Å². The average molecular weight is 392 g/mol. The Kier molecular flexibility index (Phi) is 7.13. The Morgan fingerprint density at radius 3 is 2.56 bits per heavy atom. The number of piperidine rings is 2. The van der Waals surface area contributed by atoms with Crippen molar-refractivity contribution >= 4 is 23.4 Å². The minimum Gasteiger partial charge on any atom is -0.339 e. The summed E-state index contributed by atoms with van der Waals surface area (Å²) in [4.78, 5) is 30.0. The molecule has 0 aromatic heterocycles. The normalized spacial score (nSPS) is 21.1. The van der Waals surface area contributed by atoms with E-state index in [2.05, 4.69) is 17.1 Å². The quantitative estimate of drug-likeness (QED) is 0.838.